The van der Waals surface area contributed by atoms with Crippen LogP contribution in [0.2, 0.25) is 0 Å². The van der Waals surface area contributed by atoms with Gasteiger partial charge in [0.2, 0.25) is 0 Å². The Morgan fingerprint density at radius 2 is 2.10 bits per heavy atom. The first-order valence-electron chi connectivity index (χ1n) is 7.00. The summed E-state index contributed by atoms with van der Waals surface area (Å²) in [4.78, 5) is 19.2. The van der Waals surface area contributed by atoms with Crippen molar-refractivity contribution in [3.8, 4) is 17.0 Å². The second-order valence-electron chi connectivity index (χ2n) is 5.48. The van der Waals surface area contributed by atoms with Crippen molar-refractivity contribution in [1.82, 2.24) is 9.97 Å². The molecule has 0 radical (unpaired) electrons. The third-order valence-electron chi connectivity index (χ3n) is 3.23. The van der Waals surface area contributed by atoms with Gasteiger partial charge in [-0.2, -0.15) is 0 Å². The van der Waals surface area contributed by atoms with Crippen LogP contribution in [0.3, 0.4) is 0 Å². The van der Waals surface area contributed by atoms with E-state index in [1.54, 1.807) is 6.07 Å². The molecule has 0 spiro atoms. The van der Waals surface area contributed by atoms with Gasteiger partial charge in [0.25, 0.3) is 5.56 Å². The highest BCUT2D eigenvalue weighted by molar-refractivity contribution is 5.60. The number of H-pyrrole nitrogens is 1. The maximum Gasteiger partial charge on any atom is 0.251 e. The van der Waals surface area contributed by atoms with Gasteiger partial charge in [-0.25, -0.2) is 4.98 Å². The van der Waals surface area contributed by atoms with E-state index < -0.39 is 0 Å². The molecule has 20 heavy (non-hydrogen) atoms. The Labute approximate surface area is 117 Å². The van der Waals surface area contributed by atoms with Crippen molar-refractivity contribution in [2.24, 2.45) is 0 Å². The topological polar surface area (TPSA) is 55.0 Å². The summed E-state index contributed by atoms with van der Waals surface area (Å²) in [5.41, 5.74) is 1.54. The largest absolute Gasteiger partial charge is 0.491 e. The Hall–Kier alpha value is -2.10. The van der Waals surface area contributed by atoms with Crippen molar-refractivity contribution in [1.29, 1.82) is 0 Å². The molecule has 4 nitrogen and oxygen atoms in total. The summed E-state index contributed by atoms with van der Waals surface area (Å²) in [5.74, 6) is 2.04. The molecular weight excluding hydrogens is 252 g/mol. The van der Waals surface area contributed by atoms with E-state index in [0.717, 1.165) is 30.0 Å². The SMILES string of the molecule is CC(C)Oc1cccc(-c2cc(=O)[nH]c(C3CC3)n2)c1. The van der Waals surface area contributed by atoms with Crippen LogP contribution in [-0.4, -0.2) is 16.1 Å². The maximum atomic E-state index is 11.8. The van der Waals surface area contributed by atoms with Crippen molar-refractivity contribution in [3.63, 3.8) is 0 Å². The first-order chi connectivity index (χ1) is 9.61. The molecule has 0 atom stereocenters. The first kappa shape index (κ1) is 12.9. The van der Waals surface area contributed by atoms with E-state index in [2.05, 4.69) is 9.97 Å². The Kier molecular flexibility index (Phi) is 3.30. The molecule has 1 aliphatic carbocycles. The van der Waals surface area contributed by atoms with Gasteiger partial charge in [0.1, 0.15) is 11.6 Å². The van der Waals surface area contributed by atoms with Gasteiger partial charge in [-0.1, -0.05) is 12.1 Å². The first-order valence-corrected chi connectivity index (χ1v) is 7.00. The highest BCUT2D eigenvalue weighted by Gasteiger charge is 2.26. The molecule has 1 saturated carbocycles. The molecule has 1 aromatic heterocycles. The number of aromatic nitrogens is 2. The Balaban J connectivity index is 1.97. The lowest BCUT2D eigenvalue weighted by atomic mass is 10.1. The molecule has 0 bridgehead atoms. The Bertz CT molecular complexity index is 672. The highest BCUT2D eigenvalue weighted by Crippen LogP contribution is 2.38. The van der Waals surface area contributed by atoms with Crippen LogP contribution in [0.1, 0.15) is 38.4 Å². The van der Waals surface area contributed by atoms with E-state index in [4.69, 9.17) is 4.74 Å². The van der Waals surface area contributed by atoms with Crippen molar-refractivity contribution < 1.29 is 4.74 Å². The normalized spacial score (nSPS) is 14.6. The van der Waals surface area contributed by atoms with Gasteiger partial charge in [0, 0.05) is 17.5 Å². The standard InChI is InChI=1S/C16H18N2O2/c1-10(2)20-13-5-3-4-12(8-13)14-9-15(19)18-16(17-14)11-6-7-11/h3-5,8-11H,6-7H2,1-2H3,(H,17,18,19). The van der Waals surface area contributed by atoms with Crippen LogP contribution in [0.25, 0.3) is 11.3 Å². The second kappa shape index (κ2) is 5.12. The predicted molar refractivity (Wildman–Crippen MR) is 78.0 cm³/mol. The molecule has 104 valence electrons. The predicted octanol–water partition coefficient (Wildman–Crippen LogP) is 3.10. The second-order valence-corrected chi connectivity index (χ2v) is 5.48. The number of hydrogen-bond donors (Lipinski definition) is 1. The maximum absolute atomic E-state index is 11.8. The fourth-order valence-corrected chi connectivity index (χ4v) is 2.18. The summed E-state index contributed by atoms with van der Waals surface area (Å²) >= 11 is 0. The molecule has 1 heterocycles. The fourth-order valence-electron chi connectivity index (χ4n) is 2.18. The molecule has 1 aromatic carbocycles. The summed E-state index contributed by atoms with van der Waals surface area (Å²) in [7, 11) is 0. The van der Waals surface area contributed by atoms with E-state index in [1.165, 1.54) is 0 Å². The lowest BCUT2D eigenvalue weighted by molar-refractivity contribution is 0.242. The zero-order valence-corrected chi connectivity index (χ0v) is 11.7. The van der Waals surface area contributed by atoms with Crippen LogP contribution < -0.4 is 10.3 Å². The van der Waals surface area contributed by atoms with Crippen molar-refractivity contribution in [2.75, 3.05) is 0 Å². The Morgan fingerprint density at radius 1 is 1.30 bits per heavy atom. The summed E-state index contributed by atoms with van der Waals surface area (Å²) in [6.07, 6.45) is 2.35. The number of benzene rings is 1. The van der Waals surface area contributed by atoms with Gasteiger partial charge in [-0.15, -0.1) is 0 Å². The van der Waals surface area contributed by atoms with Gasteiger partial charge in [0.15, 0.2) is 0 Å². The van der Waals surface area contributed by atoms with E-state index >= 15 is 0 Å². The Morgan fingerprint density at radius 3 is 2.80 bits per heavy atom. The van der Waals surface area contributed by atoms with E-state index in [1.807, 2.05) is 38.1 Å². The number of rotatable bonds is 4. The smallest absolute Gasteiger partial charge is 0.251 e. The summed E-state index contributed by atoms with van der Waals surface area (Å²) in [5, 5.41) is 0. The molecule has 1 fully saturated rings. The molecule has 1 aliphatic rings. The van der Waals surface area contributed by atoms with Gasteiger partial charge in [0.05, 0.1) is 11.8 Å². The third kappa shape index (κ3) is 2.90. The number of nitrogens with one attached hydrogen (secondary N) is 1. The summed E-state index contributed by atoms with van der Waals surface area (Å²) in [6.45, 7) is 3.98. The van der Waals surface area contributed by atoms with Crippen molar-refractivity contribution in [2.45, 2.75) is 38.7 Å². The molecule has 2 aromatic rings. The highest BCUT2D eigenvalue weighted by atomic mass is 16.5. The van der Waals surface area contributed by atoms with Crippen molar-refractivity contribution in [3.05, 3.63) is 46.5 Å². The monoisotopic (exact) mass is 270 g/mol. The lowest BCUT2D eigenvalue weighted by Gasteiger charge is -2.11. The minimum absolute atomic E-state index is 0.0907. The van der Waals surface area contributed by atoms with E-state index in [-0.39, 0.29) is 11.7 Å². The van der Waals surface area contributed by atoms with Crippen LogP contribution in [0.15, 0.2) is 35.1 Å². The molecular formula is C16H18N2O2. The van der Waals surface area contributed by atoms with E-state index in [9.17, 15) is 4.79 Å². The van der Waals surface area contributed by atoms with Gasteiger partial charge >= 0.3 is 0 Å². The molecule has 0 amide bonds. The van der Waals surface area contributed by atoms with Gasteiger partial charge < -0.3 is 9.72 Å². The summed E-state index contributed by atoms with van der Waals surface area (Å²) < 4.78 is 5.68. The van der Waals surface area contributed by atoms with Crippen molar-refractivity contribution >= 4 is 0 Å². The third-order valence-corrected chi connectivity index (χ3v) is 3.23. The molecule has 4 heteroatoms. The molecule has 1 N–H and O–H groups in total. The number of nitrogens with zero attached hydrogens (tertiary/aromatic N) is 1. The van der Waals surface area contributed by atoms with E-state index in [0.29, 0.717) is 11.6 Å². The van der Waals surface area contributed by atoms with Crippen LogP contribution in [0, 0.1) is 0 Å². The fraction of sp³-hybridized carbons (Fsp3) is 0.375. The number of hydrogen-bond acceptors (Lipinski definition) is 3. The minimum Gasteiger partial charge on any atom is -0.491 e. The zero-order chi connectivity index (χ0) is 14.1. The lowest BCUT2D eigenvalue weighted by Crippen LogP contribution is -2.10. The van der Waals surface area contributed by atoms with Crippen LogP contribution >= 0.6 is 0 Å². The van der Waals surface area contributed by atoms with Crippen LogP contribution in [0.4, 0.5) is 0 Å². The van der Waals surface area contributed by atoms with Crippen LogP contribution in [-0.2, 0) is 0 Å². The van der Waals surface area contributed by atoms with Gasteiger partial charge in [-0.3, -0.25) is 4.79 Å². The quantitative estimate of drug-likeness (QED) is 0.928. The zero-order valence-electron chi connectivity index (χ0n) is 11.7. The molecule has 0 unspecified atom stereocenters. The number of ether oxygens (including phenoxy) is 1. The average molecular weight is 270 g/mol. The molecule has 0 aliphatic heterocycles. The molecule has 0 saturated heterocycles. The summed E-state index contributed by atoms with van der Waals surface area (Å²) in [6, 6.07) is 9.26. The number of aromatic amines is 1. The molecule has 3 rings (SSSR count). The van der Waals surface area contributed by atoms with Gasteiger partial charge in [-0.05, 0) is 38.8 Å². The van der Waals surface area contributed by atoms with Crippen LogP contribution in [0.5, 0.6) is 5.75 Å². The minimum atomic E-state index is -0.0907. The average Bonchev–Trinajstić information content (AvgIpc) is 3.22.